The molecule has 2 nitrogen and oxygen atoms in total. The highest BCUT2D eigenvalue weighted by Crippen LogP contribution is 2.33. The summed E-state index contributed by atoms with van der Waals surface area (Å²) in [6, 6.07) is 0. The van der Waals surface area contributed by atoms with Gasteiger partial charge in [-0.2, -0.15) is 0 Å². The summed E-state index contributed by atoms with van der Waals surface area (Å²) in [5, 5.41) is 0. The Morgan fingerprint density at radius 3 is 2.39 bits per heavy atom. The molecule has 0 atom stereocenters. The molecule has 0 heterocycles. The molecule has 0 radical (unpaired) electrons. The molecular formula is C21H36O2. The Morgan fingerprint density at radius 1 is 0.957 bits per heavy atom. The van der Waals surface area contributed by atoms with E-state index in [0.717, 1.165) is 38.0 Å². The molecule has 0 aliphatic heterocycles. The minimum absolute atomic E-state index is 0.00597. The van der Waals surface area contributed by atoms with E-state index < -0.39 is 0 Å². The minimum Gasteiger partial charge on any atom is -0.466 e. The Morgan fingerprint density at radius 2 is 1.70 bits per heavy atom. The van der Waals surface area contributed by atoms with E-state index >= 15 is 0 Å². The first-order valence-electron chi connectivity index (χ1n) is 9.78. The minimum atomic E-state index is -0.00597. The van der Waals surface area contributed by atoms with Gasteiger partial charge in [0.15, 0.2) is 0 Å². The molecule has 132 valence electrons. The van der Waals surface area contributed by atoms with Gasteiger partial charge in [0.05, 0.1) is 6.61 Å². The van der Waals surface area contributed by atoms with Gasteiger partial charge in [0, 0.05) is 6.42 Å². The van der Waals surface area contributed by atoms with Gasteiger partial charge >= 0.3 is 5.97 Å². The van der Waals surface area contributed by atoms with Crippen LogP contribution in [0.5, 0.6) is 0 Å². The lowest BCUT2D eigenvalue weighted by molar-refractivity contribution is -0.143. The first-order valence-corrected chi connectivity index (χ1v) is 9.78. The van der Waals surface area contributed by atoms with Crippen LogP contribution in [0.1, 0.15) is 90.4 Å². The zero-order valence-electron chi connectivity index (χ0n) is 15.1. The van der Waals surface area contributed by atoms with Crippen molar-refractivity contribution in [3.8, 4) is 0 Å². The number of ether oxygens (including phenoxy) is 1. The fourth-order valence-electron chi connectivity index (χ4n) is 2.57. The molecule has 2 heteroatoms. The third-order valence-corrected chi connectivity index (χ3v) is 4.30. The summed E-state index contributed by atoms with van der Waals surface area (Å²) in [6.07, 6.45) is 23.9. The molecule has 0 aromatic heterocycles. The number of unbranched alkanes of at least 4 members (excludes halogenated alkanes) is 5. The zero-order chi connectivity index (χ0) is 16.6. The molecular weight excluding hydrogens is 284 g/mol. The standard InChI is InChI=1S/C21H36O2/c1-2-3-4-5-6-7-8-9-10-11-12-13-16-21(22)23-19-14-15-20-17-18-20/h5-6,8-9,20H,2-4,7,10-19H2,1H3. The number of carbonyl (C=O) groups is 1. The monoisotopic (exact) mass is 320 g/mol. The largest absolute Gasteiger partial charge is 0.466 e. The third-order valence-electron chi connectivity index (χ3n) is 4.30. The van der Waals surface area contributed by atoms with Gasteiger partial charge in [-0.25, -0.2) is 0 Å². The highest BCUT2D eigenvalue weighted by atomic mass is 16.5. The quantitative estimate of drug-likeness (QED) is 0.199. The van der Waals surface area contributed by atoms with E-state index in [9.17, 15) is 4.79 Å². The van der Waals surface area contributed by atoms with Gasteiger partial charge in [0.2, 0.25) is 0 Å². The number of carbonyl (C=O) groups excluding carboxylic acids is 1. The lowest BCUT2D eigenvalue weighted by atomic mass is 10.1. The molecule has 0 spiro atoms. The Bertz CT molecular complexity index is 340. The summed E-state index contributed by atoms with van der Waals surface area (Å²) in [5.74, 6) is 0.933. The topological polar surface area (TPSA) is 26.3 Å². The predicted octanol–water partition coefficient (Wildman–Crippen LogP) is 6.36. The number of hydrogen-bond donors (Lipinski definition) is 0. The van der Waals surface area contributed by atoms with Gasteiger partial charge < -0.3 is 4.74 Å². The second-order valence-corrected chi connectivity index (χ2v) is 6.73. The molecule has 1 aliphatic carbocycles. The van der Waals surface area contributed by atoms with Gasteiger partial charge in [-0.1, -0.05) is 63.3 Å². The number of allylic oxidation sites excluding steroid dienone is 4. The molecule has 23 heavy (non-hydrogen) atoms. The highest BCUT2D eigenvalue weighted by molar-refractivity contribution is 5.69. The molecule has 1 rings (SSSR count). The Labute approximate surface area is 143 Å². The van der Waals surface area contributed by atoms with Gasteiger partial charge in [-0.15, -0.1) is 0 Å². The molecule has 0 aromatic carbocycles. The second-order valence-electron chi connectivity index (χ2n) is 6.73. The maximum absolute atomic E-state index is 11.5. The Balaban J connectivity index is 1.79. The molecule has 0 aromatic rings. The van der Waals surface area contributed by atoms with Crippen LogP contribution in [0.4, 0.5) is 0 Å². The zero-order valence-corrected chi connectivity index (χ0v) is 15.1. The van der Waals surface area contributed by atoms with Crippen LogP contribution >= 0.6 is 0 Å². The molecule has 0 N–H and O–H groups in total. The molecule has 0 amide bonds. The van der Waals surface area contributed by atoms with E-state index in [-0.39, 0.29) is 5.97 Å². The second kappa shape index (κ2) is 14.5. The summed E-state index contributed by atoms with van der Waals surface area (Å²) in [7, 11) is 0. The van der Waals surface area contributed by atoms with Crippen molar-refractivity contribution in [3.63, 3.8) is 0 Å². The van der Waals surface area contributed by atoms with Crippen molar-refractivity contribution in [2.75, 3.05) is 6.61 Å². The average molecular weight is 321 g/mol. The highest BCUT2D eigenvalue weighted by Gasteiger charge is 2.20. The van der Waals surface area contributed by atoms with E-state index in [1.54, 1.807) is 0 Å². The lowest BCUT2D eigenvalue weighted by Gasteiger charge is -2.04. The van der Waals surface area contributed by atoms with Gasteiger partial charge in [-0.05, 0) is 50.9 Å². The van der Waals surface area contributed by atoms with Crippen molar-refractivity contribution in [2.24, 2.45) is 5.92 Å². The van der Waals surface area contributed by atoms with Crippen LogP contribution in [0.25, 0.3) is 0 Å². The van der Waals surface area contributed by atoms with Crippen LogP contribution < -0.4 is 0 Å². The summed E-state index contributed by atoms with van der Waals surface area (Å²) >= 11 is 0. The van der Waals surface area contributed by atoms with E-state index in [0.29, 0.717) is 13.0 Å². The van der Waals surface area contributed by atoms with Crippen molar-refractivity contribution in [2.45, 2.75) is 90.4 Å². The van der Waals surface area contributed by atoms with Gasteiger partial charge in [0.25, 0.3) is 0 Å². The molecule has 0 unspecified atom stereocenters. The fraction of sp³-hybridized carbons (Fsp3) is 0.762. The SMILES string of the molecule is CCCCC=CCC=CCCCCCC(=O)OCCCC1CC1. The smallest absolute Gasteiger partial charge is 0.305 e. The van der Waals surface area contributed by atoms with E-state index in [1.165, 1.54) is 44.9 Å². The van der Waals surface area contributed by atoms with Crippen LogP contribution in [0, 0.1) is 5.92 Å². The van der Waals surface area contributed by atoms with Crippen molar-refractivity contribution in [1.29, 1.82) is 0 Å². The Kier molecular flexibility index (Phi) is 12.6. The normalized spacial score (nSPS) is 14.8. The Hall–Kier alpha value is -1.05. The molecule has 1 saturated carbocycles. The maximum Gasteiger partial charge on any atom is 0.305 e. The van der Waals surface area contributed by atoms with Crippen LogP contribution in [0.15, 0.2) is 24.3 Å². The third kappa shape index (κ3) is 14.3. The average Bonchev–Trinajstić information content (AvgIpc) is 3.37. The van der Waals surface area contributed by atoms with E-state index in [4.69, 9.17) is 4.74 Å². The number of hydrogen-bond acceptors (Lipinski definition) is 2. The fourth-order valence-corrected chi connectivity index (χ4v) is 2.57. The van der Waals surface area contributed by atoms with Gasteiger partial charge in [-0.3, -0.25) is 4.79 Å². The van der Waals surface area contributed by atoms with Crippen molar-refractivity contribution >= 4 is 5.97 Å². The number of rotatable bonds is 15. The molecule has 1 fully saturated rings. The molecule has 1 aliphatic rings. The molecule has 0 bridgehead atoms. The van der Waals surface area contributed by atoms with Gasteiger partial charge in [0.1, 0.15) is 0 Å². The van der Waals surface area contributed by atoms with E-state index in [1.807, 2.05) is 0 Å². The first-order chi connectivity index (χ1) is 11.3. The van der Waals surface area contributed by atoms with Crippen molar-refractivity contribution < 1.29 is 9.53 Å². The van der Waals surface area contributed by atoms with E-state index in [2.05, 4.69) is 31.2 Å². The van der Waals surface area contributed by atoms with Crippen LogP contribution in [-0.2, 0) is 9.53 Å². The summed E-state index contributed by atoms with van der Waals surface area (Å²) in [4.78, 5) is 11.5. The van der Waals surface area contributed by atoms with Crippen LogP contribution in [-0.4, -0.2) is 12.6 Å². The lowest BCUT2D eigenvalue weighted by Crippen LogP contribution is -2.05. The maximum atomic E-state index is 11.5. The summed E-state index contributed by atoms with van der Waals surface area (Å²) < 4.78 is 5.26. The summed E-state index contributed by atoms with van der Waals surface area (Å²) in [5.41, 5.74) is 0. The first kappa shape index (κ1) is 20.0. The van der Waals surface area contributed by atoms with Crippen LogP contribution in [0.2, 0.25) is 0 Å². The summed E-state index contributed by atoms with van der Waals surface area (Å²) in [6.45, 7) is 2.85. The predicted molar refractivity (Wildman–Crippen MR) is 98.4 cm³/mol. The molecule has 0 saturated heterocycles. The number of esters is 1. The van der Waals surface area contributed by atoms with Crippen molar-refractivity contribution in [3.05, 3.63) is 24.3 Å². The van der Waals surface area contributed by atoms with Crippen LogP contribution in [0.3, 0.4) is 0 Å². The van der Waals surface area contributed by atoms with Crippen molar-refractivity contribution in [1.82, 2.24) is 0 Å².